The summed E-state index contributed by atoms with van der Waals surface area (Å²) >= 11 is 0. The quantitative estimate of drug-likeness (QED) is 0.0281. The first-order valence-electron chi connectivity index (χ1n) is 18.7. The molecule has 0 spiro atoms. The lowest BCUT2D eigenvalue weighted by Gasteiger charge is -2.31. The van der Waals surface area contributed by atoms with Gasteiger partial charge >= 0.3 is 0 Å². The van der Waals surface area contributed by atoms with Gasteiger partial charge in [0.25, 0.3) is 7.82 Å². The van der Waals surface area contributed by atoms with Crippen LogP contribution in [0.15, 0.2) is 60.8 Å². The number of nitrogens with zero attached hydrogens (tertiary/aromatic N) is 1. The zero-order chi connectivity index (χ0) is 36.6. The van der Waals surface area contributed by atoms with Crippen molar-refractivity contribution in [2.24, 2.45) is 0 Å². The highest BCUT2D eigenvalue weighted by Crippen LogP contribution is 2.38. The molecule has 0 aliphatic carbocycles. The van der Waals surface area contributed by atoms with E-state index in [9.17, 15) is 24.5 Å². The number of nitrogens with one attached hydrogen (secondary N) is 1. The Morgan fingerprint density at radius 2 is 1.33 bits per heavy atom. The highest BCUT2D eigenvalue weighted by molar-refractivity contribution is 7.45. The first-order chi connectivity index (χ1) is 23.4. The Labute approximate surface area is 299 Å². The molecular weight excluding hydrogens is 639 g/mol. The monoisotopic (exact) mass is 710 g/mol. The van der Waals surface area contributed by atoms with Gasteiger partial charge in [-0.05, 0) is 84.0 Å². The van der Waals surface area contributed by atoms with E-state index in [1.807, 2.05) is 28.1 Å². The molecule has 0 heterocycles. The van der Waals surface area contributed by atoms with Gasteiger partial charge < -0.3 is 34.0 Å². The Balaban J connectivity index is 4.75. The lowest BCUT2D eigenvalue weighted by Crippen LogP contribution is -2.51. The maximum absolute atomic E-state index is 12.8. The van der Waals surface area contributed by atoms with Crippen LogP contribution in [0.1, 0.15) is 123 Å². The minimum absolute atomic E-state index is 0.0560. The molecule has 0 aromatic rings. The fourth-order valence-electron chi connectivity index (χ4n) is 4.80. The molecule has 0 saturated heterocycles. The molecule has 3 N–H and O–H groups in total. The van der Waals surface area contributed by atoms with Gasteiger partial charge in [0.05, 0.1) is 39.9 Å². The van der Waals surface area contributed by atoms with E-state index in [1.54, 1.807) is 0 Å². The molecule has 0 aromatic heterocycles. The molecule has 9 nitrogen and oxygen atoms in total. The molecule has 0 rings (SSSR count). The van der Waals surface area contributed by atoms with Crippen LogP contribution in [-0.2, 0) is 18.4 Å². The van der Waals surface area contributed by atoms with E-state index in [2.05, 4.69) is 73.0 Å². The smallest absolute Gasteiger partial charge is 0.268 e. The van der Waals surface area contributed by atoms with Crippen molar-refractivity contribution >= 4 is 13.7 Å². The third kappa shape index (κ3) is 31.9. The Bertz CT molecular complexity index is 1000. The number of unbranched alkanes of at least 4 members (excludes halogenated alkanes) is 9. The summed E-state index contributed by atoms with van der Waals surface area (Å²) in [4.78, 5) is 25.2. The van der Waals surface area contributed by atoms with Crippen molar-refractivity contribution in [1.29, 1.82) is 0 Å². The Kier molecular flexibility index (Phi) is 29.8. The summed E-state index contributed by atoms with van der Waals surface area (Å²) in [6.07, 6.45) is 34.2. The Morgan fingerprint density at radius 1 is 0.776 bits per heavy atom. The van der Waals surface area contributed by atoms with Gasteiger partial charge in [-0.15, -0.1) is 0 Å². The lowest BCUT2D eigenvalue weighted by atomic mass is 10.0. The predicted molar refractivity (Wildman–Crippen MR) is 202 cm³/mol. The van der Waals surface area contributed by atoms with Gasteiger partial charge in [0.15, 0.2) is 0 Å². The maximum Gasteiger partial charge on any atom is 0.268 e. The van der Waals surface area contributed by atoms with Gasteiger partial charge in [-0.25, -0.2) is 0 Å². The third-order valence-corrected chi connectivity index (χ3v) is 8.82. The summed E-state index contributed by atoms with van der Waals surface area (Å²) in [7, 11) is 1.07. The average molecular weight is 711 g/mol. The van der Waals surface area contributed by atoms with Gasteiger partial charge in [0, 0.05) is 6.42 Å². The predicted octanol–water partition coefficient (Wildman–Crippen LogP) is 7.85. The molecule has 0 bridgehead atoms. The molecule has 0 saturated carbocycles. The number of allylic oxidation sites excluding steroid dienone is 10. The van der Waals surface area contributed by atoms with Gasteiger partial charge in [0.2, 0.25) is 5.91 Å². The number of hydrogen-bond donors (Lipinski definition) is 3. The third-order valence-electron chi connectivity index (χ3n) is 7.85. The molecule has 284 valence electrons. The van der Waals surface area contributed by atoms with Crippen molar-refractivity contribution in [3.63, 3.8) is 0 Å². The number of rotatable bonds is 32. The van der Waals surface area contributed by atoms with Crippen molar-refractivity contribution in [3.8, 4) is 0 Å². The van der Waals surface area contributed by atoms with Crippen molar-refractivity contribution in [3.05, 3.63) is 60.8 Å². The summed E-state index contributed by atoms with van der Waals surface area (Å²) < 4.78 is 23.0. The Hall–Kier alpha value is -1.84. The lowest BCUT2D eigenvalue weighted by molar-refractivity contribution is -0.870. The van der Waals surface area contributed by atoms with Gasteiger partial charge in [-0.3, -0.25) is 9.36 Å². The van der Waals surface area contributed by atoms with E-state index in [1.165, 1.54) is 6.42 Å². The summed E-state index contributed by atoms with van der Waals surface area (Å²) in [5, 5.41) is 24.4. The van der Waals surface area contributed by atoms with Crippen LogP contribution in [0, 0.1) is 0 Å². The van der Waals surface area contributed by atoms with E-state index in [-0.39, 0.29) is 18.9 Å². The average Bonchev–Trinajstić information content (AvgIpc) is 3.04. The van der Waals surface area contributed by atoms with Crippen LogP contribution in [0.3, 0.4) is 0 Å². The zero-order valence-corrected chi connectivity index (χ0v) is 32.4. The fraction of sp³-hybridized carbons (Fsp3) is 0.718. The summed E-state index contributed by atoms with van der Waals surface area (Å²) in [5.41, 5.74) is 0. The number of quaternary nitrogens is 1. The molecular formula is C39H71N2O7P. The van der Waals surface area contributed by atoms with Crippen molar-refractivity contribution in [2.45, 2.75) is 141 Å². The van der Waals surface area contributed by atoms with Crippen LogP contribution in [-0.4, -0.2) is 79.8 Å². The van der Waals surface area contributed by atoms with Crippen molar-refractivity contribution in [1.82, 2.24) is 5.32 Å². The van der Waals surface area contributed by atoms with Crippen LogP contribution in [0.2, 0.25) is 0 Å². The van der Waals surface area contributed by atoms with Crippen LogP contribution >= 0.6 is 7.82 Å². The van der Waals surface area contributed by atoms with Crippen LogP contribution in [0.4, 0.5) is 0 Å². The number of carbonyl (C=O) groups is 1. The summed E-state index contributed by atoms with van der Waals surface area (Å²) in [6, 6.07) is -1.11. The fourth-order valence-corrected chi connectivity index (χ4v) is 5.52. The molecule has 10 heteroatoms. The van der Waals surface area contributed by atoms with E-state index >= 15 is 0 Å². The molecule has 0 fully saturated rings. The van der Waals surface area contributed by atoms with Crippen molar-refractivity contribution in [2.75, 3.05) is 40.9 Å². The van der Waals surface area contributed by atoms with Crippen LogP contribution in [0.5, 0.6) is 0 Å². The number of phosphoric acid groups is 1. The van der Waals surface area contributed by atoms with E-state index in [4.69, 9.17) is 9.05 Å². The standard InChI is InChI=1S/C39H71N2O7P/c1-6-8-10-12-14-16-18-20-22-24-26-28-30-32-38(43)40-36(35-48-49(45,46)47-34-33-41(3,4)5)39(44)37(42)31-29-27-25-23-21-19-17-15-13-11-9-7-2/h7,9-10,12,15-18,23,25,36-37,39,42,44H,6,8,11,13-14,19-22,24,26-35H2,1-5H3,(H-,40,43,45,46)/b9-7+,12-10-,17-15+,18-16-,25-23+. The normalized spacial score (nSPS) is 16.0. The number of phosphoric ester groups is 1. The summed E-state index contributed by atoms with van der Waals surface area (Å²) in [5.74, 6) is -0.315. The second-order valence-corrected chi connectivity index (χ2v) is 15.1. The SMILES string of the molecule is C/C=C/CC/C=C/CC/C=C/CCCC(O)C(O)C(COP(=O)([O-])OCC[N+](C)(C)C)NC(=O)CCCCCCC/C=C\C/C=C\CCC. The van der Waals surface area contributed by atoms with E-state index in [0.29, 0.717) is 30.3 Å². The molecule has 0 aliphatic heterocycles. The number of amides is 1. The minimum Gasteiger partial charge on any atom is -0.756 e. The van der Waals surface area contributed by atoms with Crippen molar-refractivity contribution < 1.29 is 38.0 Å². The first-order valence-corrected chi connectivity index (χ1v) is 20.1. The molecule has 4 atom stereocenters. The molecule has 1 amide bonds. The number of aliphatic hydroxyl groups is 2. The summed E-state index contributed by atoms with van der Waals surface area (Å²) in [6.45, 7) is 4.07. The maximum atomic E-state index is 12.8. The number of aliphatic hydroxyl groups excluding tert-OH is 2. The number of carbonyl (C=O) groups excluding carboxylic acids is 1. The first kappa shape index (κ1) is 47.2. The highest BCUT2D eigenvalue weighted by atomic mass is 31.2. The van der Waals surface area contributed by atoms with Gasteiger partial charge in [0.1, 0.15) is 19.3 Å². The largest absolute Gasteiger partial charge is 0.756 e. The molecule has 0 radical (unpaired) electrons. The molecule has 49 heavy (non-hydrogen) atoms. The zero-order valence-electron chi connectivity index (χ0n) is 31.5. The van der Waals surface area contributed by atoms with Gasteiger partial charge in [-0.1, -0.05) is 93.4 Å². The number of likely N-dealkylation sites (N-methyl/N-ethyl adjacent to an activating group) is 1. The topological polar surface area (TPSA) is 128 Å². The molecule has 0 aromatic carbocycles. The molecule has 4 unspecified atom stereocenters. The molecule has 0 aliphatic rings. The highest BCUT2D eigenvalue weighted by Gasteiger charge is 2.29. The Morgan fingerprint density at radius 3 is 1.96 bits per heavy atom. The van der Waals surface area contributed by atoms with E-state index in [0.717, 1.165) is 77.0 Å². The van der Waals surface area contributed by atoms with Gasteiger partial charge in [-0.2, -0.15) is 0 Å². The van der Waals surface area contributed by atoms with E-state index < -0.39 is 32.7 Å². The number of hydrogen-bond acceptors (Lipinski definition) is 7. The van der Waals surface area contributed by atoms with Crippen LogP contribution in [0.25, 0.3) is 0 Å². The minimum atomic E-state index is -4.68. The second kappa shape index (κ2) is 30.9. The van der Waals surface area contributed by atoms with Crippen LogP contribution < -0.4 is 10.2 Å². The second-order valence-electron chi connectivity index (χ2n) is 13.7.